The van der Waals surface area contributed by atoms with E-state index in [1.165, 1.54) is 6.07 Å². The van der Waals surface area contributed by atoms with E-state index in [1.807, 2.05) is 0 Å². The van der Waals surface area contributed by atoms with Crippen LogP contribution in [0, 0.1) is 11.7 Å². The summed E-state index contributed by atoms with van der Waals surface area (Å²) in [5.41, 5.74) is 0.890. The molecule has 0 aliphatic carbocycles. The zero-order valence-electron chi connectivity index (χ0n) is 16.8. The number of fused-ring (bicyclic) bond motifs is 1. The van der Waals surface area contributed by atoms with Gasteiger partial charge in [-0.1, -0.05) is 6.07 Å². The van der Waals surface area contributed by atoms with E-state index in [1.54, 1.807) is 18.2 Å². The van der Waals surface area contributed by atoms with Gasteiger partial charge in [0.05, 0.1) is 18.7 Å². The second-order valence-electron chi connectivity index (χ2n) is 8.19. The first-order valence-corrected chi connectivity index (χ1v) is 10.6. The van der Waals surface area contributed by atoms with Gasteiger partial charge in [0, 0.05) is 62.5 Å². The molecule has 0 bridgehead atoms. The van der Waals surface area contributed by atoms with E-state index >= 15 is 0 Å². The van der Waals surface area contributed by atoms with Crippen molar-refractivity contribution in [3.05, 3.63) is 46.0 Å². The summed E-state index contributed by atoms with van der Waals surface area (Å²) in [6.07, 6.45) is 2.84. The average molecular weight is 403 g/mol. The lowest BCUT2D eigenvalue weighted by Crippen LogP contribution is -2.53. The molecular formula is C22H30FN3O3. The summed E-state index contributed by atoms with van der Waals surface area (Å²) >= 11 is 0. The van der Waals surface area contributed by atoms with Crippen molar-refractivity contribution in [2.24, 2.45) is 5.92 Å². The number of morpholine rings is 1. The summed E-state index contributed by atoms with van der Waals surface area (Å²) in [4.78, 5) is 20.4. The number of aromatic amines is 1. The van der Waals surface area contributed by atoms with E-state index in [0.29, 0.717) is 23.9 Å². The fourth-order valence-corrected chi connectivity index (χ4v) is 4.88. The molecule has 0 amide bonds. The zero-order chi connectivity index (χ0) is 20.2. The summed E-state index contributed by atoms with van der Waals surface area (Å²) in [6.45, 7) is 6.19. The van der Waals surface area contributed by atoms with E-state index < -0.39 is 5.82 Å². The van der Waals surface area contributed by atoms with Crippen LogP contribution in [0.5, 0.6) is 0 Å². The topological polar surface area (TPSA) is 68.8 Å². The maximum atomic E-state index is 14.2. The Labute approximate surface area is 170 Å². The summed E-state index contributed by atoms with van der Waals surface area (Å²) in [7, 11) is 0. The second-order valence-corrected chi connectivity index (χ2v) is 8.19. The molecule has 2 N–H and O–H groups in total. The van der Waals surface area contributed by atoms with Gasteiger partial charge in [0.2, 0.25) is 0 Å². The highest BCUT2D eigenvalue weighted by Crippen LogP contribution is 2.28. The molecule has 2 atom stereocenters. The molecule has 4 rings (SSSR count). The Kier molecular flexibility index (Phi) is 6.60. The first-order valence-electron chi connectivity index (χ1n) is 10.6. The number of rotatable bonds is 6. The maximum Gasteiger partial charge on any atom is 0.189 e. The van der Waals surface area contributed by atoms with Crippen LogP contribution in [-0.2, 0) is 11.3 Å². The largest absolute Gasteiger partial charge is 0.396 e. The average Bonchev–Trinajstić information content (AvgIpc) is 2.74. The van der Waals surface area contributed by atoms with Crippen molar-refractivity contribution >= 4 is 10.9 Å². The molecule has 2 aliphatic heterocycles. The van der Waals surface area contributed by atoms with Crippen LogP contribution >= 0.6 is 0 Å². The van der Waals surface area contributed by atoms with E-state index in [4.69, 9.17) is 4.74 Å². The Hall–Kier alpha value is -1.80. The number of benzene rings is 1. The highest BCUT2D eigenvalue weighted by atomic mass is 19.1. The van der Waals surface area contributed by atoms with E-state index in [2.05, 4.69) is 14.8 Å². The van der Waals surface area contributed by atoms with Gasteiger partial charge in [0.25, 0.3) is 0 Å². The van der Waals surface area contributed by atoms with E-state index in [-0.39, 0.29) is 17.6 Å². The summed E-state index contributed by atoms with van der Waals surface area (Å²) < 4.78 is 19.7. The van der Waals surface area contributed by atoms with Crippen molar-refractivity contribution in [1.82, 2.24) is 14.8 Å². The van der Waals surface area contributed by atoms with Crippen molar-refractivity contribution in [1.29, 1.82) is 0 Å². The smallest absolute Gasteiger partial charge is 0.189 e. The van der Waals surface area contributed by atoms with Gasteiger partial charge in [-0.3, -0.25) is 14.6 Å². The number of nitrogens with zero attached hydrogens (tertiary/aromatic N) is 2. The molecule has 6 nitrogen and oxygen atoms in total. The first-order chi connectivity index (χ1) is 14.2. The molecule has 0 unspecified atom stereocenters. The van der Waals surface area contributed by atoms with Crippen molar-refractivity contribution in [3.8, 4) is 0 Å². The van der Waals surface area contributed by atoms with Crippen LogP contribution in [0.2, 0.25) is 0 Å². The standard InChI is InChI=1S/C22H30FN3O3/c23-19-5-1-4-18-21(28)13-17(24-22(18)19)15-25-7-6-20(16(14-25)3-2-10-27)26-8-11-29-12-9-26/h1,4-5,13,16,20,27H,2-3,6-12,14-15H2,(H,24,28)/t16-,20+/m1/s1. The number of aliphatic hydroxyl groups is 1. The minimum absolute atomic E-state index is 0.145. The lowest BCUT2D eigenvalue weighted by molar-refractivity contribution is -0.0232. The minimum Gasteiger partial charge on any atom is -0.396 e. The number of nitrogens with one attached hydrogen (secondary N) is 1. The molecule has 3 heterocycles. The fraction of sp³-hybridized carbons (Fsp3) is 0.591. The Bertz CT molecular complexity index is 881. The third kappa shape index (κ3) is 4.69. The van der Waals surface area contributed by atoms with Gasteiger partial charge in [0.15, 0.2) is 5.43 Å². The van der Waals surface area contributed by atoms with Gasteiger partial charge in [-0.25, -0.2) is 4.39 Å². The molecule has 2 fully saturated rings. The van der Waals surface area contributed by atoms with Crippen LogP contribution in [0.1, 0.15) is 25.0 Å². The van der Waals surface area contributed by atoms with Crippen LogP contribution in [0.15, 0.2) is 29.1 Å². The number of hydrogen-bond donors (Lipinski definition) is 2. The molecule has 1 aromatic carbocycles. The third-order valence-electron chi connectivity index (χ3n) is 6.29. The number of aromatic nitrogens is 1. The molecule has 1 aromatic heterocycles. The highest BCUT2D eigenvalue weighted by Gasteiger charge is 2.33. The maximum absolute atomic E-state index is 14.2. The summed E-state index contributed by atoms with van der Waals surface area (Å²) in [5.74, 6) is 0.0752. The van der Waals surface area contributed by atoms with Crippen LogP contribution < -0.4 is 5.43 Å². The number of halogens is 1. The molecule has 2 aliphatic rings. The van der Waals surface area contributed by atoms with Crippen LogP contribution in [-0.4, -0.2) is 71.9 Å². The fourth-order valence-electron chi connectivity index (χ4n) is 4.88. The molecule has 7 heteroatoms. The number of H-pyrrole nitrogens is 1. The Morgan fingerprint density at radius 3 is 2.86 bits per heavy atom. The summed E-state index contributed by atoms with van der Waals surface area (Å²) in [5, 5.41) is 9.72. The Morgan fingerprint density at radius 1 is 1.24 bits per heavy atom. The van der Waals surface area contributed by atoms with Gasteiger partial charge in [-0.05, 0) is 37.3 Å². The lowest BCUT2D eigenvalue weighted by Gasteiger charge is -2.45. The van der Waals surface area contributed by atoms with Crippen molar-refractivity contribution < 1.29 is 14.2 Å². The Morgan fingerprint density at radius 2 is 2.07 bits per heavy atom. The SMILES string of the molecule is O=c1cc(CN2CC[C@H](N3CCOCC3)[C@H](CCCO)C2)[nH]c2c(F)cccc12. The van der Waals surface area contributed by atoms with Gasteiger partial charge in [-0.15, -0.1) is 0 Å². The minimum atomic E-state index is -0.395. The van der Waals surface area contributed by atoms with Crippen molar-refractivity contribution in [2.75, 3.05) is 46.0 Å². The zero-order valence-corrected chi connectivity index (χ0v) is 16.8. The number of aliphatic hydroxyl groups excluding tert-OH is 1. The summed E-state index contributed by atoms with van der Waals surface area (Å²) in [6, 6.07) is 6.70. The van der Waals surface area contributed by atoms with E-state index in [9.17, 15) is 14.3 Å². The molecule has 2 aromatic rings. The predicted octanol–water partition coefficient (Wildman–Crippen LogP) is 1.96. The van der Waals surface area contributed by atoms with Gasteiger partial charge in [-0.2, -0.15) is 0 Å². The number of ether oxygens (including phenoxy) is 1. The number of hydrogen-bond acceptors (Lipinski definition) is 5. The molecule has 0 saturated carbocycles. The van der Waals surface area contributed by atoms with Crippen LogP contribution in [0.3, 0.4) is 0 Å². The van der Waals surface area contributed by atoms with E-state index in [0.717, 1.165) is 64.3 Å². The normalized spacial score (nSPS) is 24.2. The van der Waals surface area contributed by atoms with Gasteiger partial charge >= 0.3 is 0 Å². The molecular weight excluding hydrogens is 373 g/mol. The van der Waals surface area contributed by atoms with Gasteiger partial charge < -0.3 is 14.8 Å². The lowest BCUT2D eigenvalue weighted by atomic mass is 9.86. The van der Waals surface area contributed by atoms with Crippen molar-refractivity contribution in [3.63, 3.8) is 0 Å². The third-order valence-corrected chi connectivity index (χ3v) is 6.29. The molecule has 0 spiro atoms. The predicted molar refractivity (Wildman–Crippen MR) is 110 cm³/mol. The first kappa shape index (κ1) is 20.5. The monoisotopic (exact) mass is 403 g/mol. The quantitative estimate of drug-likeness (QED) is 0.772. The van der Waals surface area contributed by atoms with Crippen molar-refractivity contribution in [2.45, 2.75) is 31.8 Å². The number of likely N-dealkylation sites (tertiary alicyclic amines) is 1. The van der Waals surface area contributed by atoms with Crippen LogP contribution in [0.4, 0.5) is 4.39 Å². The van der Waals surface area contributed by atoms with Gasteiger partial charge in [0.1, 0.15) is 5.82 Å². The second kappa shape index (κ2) is 9.34. The molecule has 2 saturated heterocycles. The molecule has 0 radical (unpaired) electrons. The Balaban J connectivity index is 1.49. The highest BCUT2D eigenvalue weighted by molar-refractivity contribution is 5.78. The van der Waals surface area contributed by atoms with Crippen LogP contribution in [0.25, 0.3) is 10.9 Å². The number of pyridine rings is 1. The number of para-hydroxylation sites is 1. The number of piperidine rings is 1. The molecule has 158 valence electrons. The molecule has 29 heavy (non-hydrogen) atoms.